The number of hydrogen-bond donors (Lipinski definition) is 10. The molecule has 0 radical (unpaired) electrons. The summed E-state index contributed by atoms with van der Waals surface area (Å²) in [5, 5.41) is 81.7. The van der Waals surface area contributed by atoms with Gasteiger partial charge < -0.3 is 51.3 Å². The van der Waals surface area contributed by atoms with Crippen LogP contribution in [0.15, 0.2) is 0 Å². The first-order valence-electron chi connectivity index (χ1n) is 9.61. The SMILES string of the molecule is CC(CO)(CO)CO.CCCNCCO.CCC[C@H](O)[C@@H](O)[C@H](O)[C@H](O)CO. The zero-order valence-corrected chi connectivity index (χ0v) is 17.4. The Morgan fingerprint density at radius 3 is 1.46 bits per heavy atom. The van der Waals surface area contributed by atoms with Gasteiger partial charge in [0.1, 0.15) is 18.3 Å². The van der Waals surface area contributed by atoms with Gasteiger partial charge in [0, 0.05) is 12.0 Å². The molecule has 10 heteroatoms. The fourth-order valence-electron chi connectivity index (χ4n) is 1.56. The molecule has 0 amide bonds. The second kappa shape index (κ2) is 21.3. The van der Waals surface area contributed by atoms with Gasteiger partial charge in [-0.1, -0.05) is 27.2 Å². The van der Waals surface area contributed by atoms with Crippen molar-refractivity contribution in [2.24, 2.45) is 5.41 Å². The smallest absolute Gasteiger partial charge is 0.110 e. The van der Waals surface area contributed by atoms with E-state index in [0.717, 1.165) is 19.5 Å². The maximum atomic E-state index is 9.25. The summed E-state index contributed by atoms with van der Waals surface area (Å²) in [6.07, 6.45) is -3.26. The van der Waals surface area contributed by atoms with Gasteiger partial charge in [0.2, 0.25) is 0 Å². The maximum absolute atomic E-state index is 9.25. The van der Waals surface area contributed by atoms with Crippen LogP contribution in [0.5, 0.6) is 0 Å². The molecule has 0 fully saturated rings. The van der Waals surface area contributed by atoms with E-state index in [4.69, 9.17) is 35.7 Å². The Balaban J connectivity index is -0.000000359. The van der Waals surface area contributed by atoms with E-state index in [2.05, 4.69) is 12.2 Å². The van der Waals surface area contributed by atoms with Gasteiger partial charge in [0.15, 0.2) is 0 Å². The molecule has 10 nitrogen and oxygen atoms in total. The van der Waals surface area contributed by atoms with Crippen molar-refractivity contribution < 1.29 is 46.0 Å². The molecule has 4 atom stereocenters. The van der Waals surface area contributed by atoms with Gasteiger partial charge in [-0.05, 0) is 19.4 Å². The van der Waals surface area contributed by atoms with Crippen LogP contribution in [0, 0.1) is 5.41 Å². The fraction of sp³-hybridized carbons (Fsp3) is 1.00. The molecule has 0 aromatic carbocycles. The molecule has 0 aliphatic heterocycles. The average Bonchev–Trinajstić information content (AvgIpc) is 2.72. The number of hydrogen-bond acceptors (Lipinski definition) is 10. The van der Waals surface area contributed by atoms with E-state index in [1.165, 1.54) is 0 Å². The molecule has 0 spiro atoms. The van der Waals surface area contributed by atoms with Crippen LogP contribution in [-0.2, 0) is 0 Å². The molecule has 10 N–H and O–H groups in total. The molecule has 0 aliphatic carbocycles. The van der Waals surface area contributed by atoms with E-state index < -0.39 is 36.4 Å². The van der Waals surface area contributed by atoms with Crippen LogP contribution in [0.1, 0.15) is 40.0 Å². The molecular formula is C18H43NO9. The van der Waals surface area contributed by atoms with Crippen molar-refractivity contribution in [3.05, 3.63) is 0 Å². The molecule has 0 saturated carbocycles. The minimum Gasteiger partial charge on any atom is -0.396 e. The van der Waals surface area contributed by atoms with Gasteiger partial charge in [-0.25, -0.2) is 0 Å². The zero-order valence-electron chi connectivity index (χ0n) is 17.4. The van der Waals surface area contributed by atoms with Crippen LogP contribution in [0.2, 0.25) is 0 Å². The lowest BCUT2D eigenvalue weighted by molar-refractivity contribution is -0.116. The van der Waals surface area contributed by atoms with E-state index in [0.29, 0.717) is 12.8 Å². The third-order valence-corrected chi connectivity index (χ3v) is 3.77. The predicted octanol–water partition coefficient (Wildman–Crippen LogP) is -2.83. The van der Waals surface area contributed by atoms with E-state index in [9.17, 15) is 10.2 Å². The van der Waals surface area contributed by atoms with E-state index in [1.54, 1.807) is 6.92 Å². The summed E-state index contributed by atoms with van der Waals surface area (Å²) in [5.41, 5.74) is -0.708. The summed E-state index contributed by atoms with van der Waals surface area (Å²) < 4.78 is 0. The van der Waals surface area contributed by atoms with Crippen molar-refractivity contribution in [2.75, 3.05) is 46.1 Å². The van der Waals surface area contributed by atoms with Crippen molar-refractivity contribution in [3.63, 3.8) is 0 Å². The van der Waals surface area contributed by atoms with Crippen LogP contribution < -0.4 is 5.32 Å². The Labute approximate surface area is 168 Å². The second-order valence-electron chi connectivity index (χ2n) is 6.85. The normalized spacial score (nSPS) is 15.4. The molecule has 0 rings (SSSR count). The monoisotopic (exact) mass is 417 g/mol. The van der Waals surface area contributed by atoms with Crippen molar-refractivity contribution in [2.45, 2.75) is 64.4 Å². The molecule has 0 aromatic rings. The Morgan fingerprint density at radius 2 is 1.18 bits per heavy atom. The number of nitrogens with one attached hydrogen (secondary N) is 1. The van der Waals surface area contributed by atoms with Crippen molar-refractivity contribution >= 4 is 0 Å². The Hall–Kier alpha value is -0.400. The van der Waals surface area contributed by atoms with Gasteiger partial charge in [-0.2, -0.15) is 0 Å². The van der Waals surface area contributed by atoms with Crippen LogP contribution in [0.4, 0.5) is 0 Å². The van der Waals surface area contributed by atoms with Crippen LogP contribution in [0.3, 0.4) is 0 Å². The molecule has 28 heavy (non-hydrogen) atoms. The summed E-state index contributed by atoms with van der Waals surface area (Å²) >= 11 is 0. The van der Waals surface area contributed by atoms with Crippen LogP contribution >= 0.6 is 0 Å². The highest BCUT2D eigenvalue weighted by Gasteiger charge is 2.29. The third-order valence-electron chi connectivity index (χ3n) is 3.77. The first-order valence-corrected chi connectivity index (χ1v) is 9.61. The summed E-state index contributed by atoms with van der Waals surface area (Å²) in [5.74, 6) is 0. The first-order chi connectivity index (χ1) is 13.1. The highest BCUT2D eigenvalue weighted by atomic mass is 16.4. The fourth-order valence-corrected chi connectivity index (χ4v) is 1.56. The lowest BCUT2D eigenvalue weighted by Crippen LogP contribution is -2.45. The van der Waals surface area contributed by atoms with Crippen molar-refractivity contribution in [3.8, 4) is 0 Å². The molecule has 174 valence electrons. The van der Waals surface area contributed by atoms with Crippen molar-refractivity contribution in [1.29, 1.82) is 0 Å². The van der Waals surface area contributed by atoms with Crippen LogP contribution in [0.25, 0.3) is 0 Å². The predicted molar refractivity (Wildman–Crippen MR) is 106 cm³/mol. The second-order valence-corrected chi connectivity index (χ2v) is 6.85. The first kappa shape index (κ1) is 32.3. The Morgan fingerprint density at radius 1 is 0.714 bits per heavy atom. The van der Waals surface area contributed by atoms with E-state index in [-0.39, 0.29) is 26.4 Å². The molecular weight excluding hydrogens is 374 g/mol. The number of aliphatic hydroxyl groups excluding tert-OH is 9. The van der Waals surface area contributed by atoms with Gasteiger partial charge in [-0.3, -0.25) is 0 Å². The summed E-state index contributed by atoms with van der Waals surface area (Å²) in [7, 11) is 0. The van der Waals surface area contributed by atoms with E-state index in [1.807, 2.05) is 6.92 Å². The highest BCUT2D eigenvalue weighted by molar-refractivity contribution is 4.80. The van der Waals surface area contributed by atoms with Crippen LogP contribution in [-0.4, -0.2) is 116 Å². The van der Waals surface area contributed by atoms with Gasteiger partial charge in [-0.15, -0.1) is 0 Å². The largest absolute Gasteiger partial charge is 0.396 e. The molecule has 0 aromatic heterocycles. The summed E-state index contributed by atoms with van der Waals surface area (Å²) in [4.78, 5) is 0. The van der Waals surface area contributed by atoms with Crippen molar-refractivity contribution in [1.82, 2.24) is 5.32 Å². The lowest BCUT2D eigenvalue weighted by Gasteiger charge is -2.25. The van der Waals surface area contributed by atoms with Gasteiger partial charge in [0.05, 0.1) is 39.1 Å². The molecule has 0 bridgehead atoms. The third kappa shape index (κ3) is 17.7. The number of rotatable bonds is 13. The Kier molecular flexibility index (Phi) is 24.6. The molecule has 0 heterocycles. The van der Waals surface area contributed by atoms with Gasteiger partial charge in [0.25, 0.3) is 0 Å². The average molecular weight is 418 g/mol. The highest BCUT2D eigenvalue weighted by Crippen LogP contribution is 2.11. The summed E-state index contributed by atoms with van der Waals surface area (Å²) in [6, 6.07) is 0. The topological polar surface area (TPSA) is 194 Å². The standard InChI is InChI=1S/C8H18O5.C5H13NO.C5H12O3/c1-2-3-5(10)7(12)8(13)6(11)4-9;1-2-3-6-4-5-7;1-5(2-6,3-7)4-8/h5-13H,2-4H2,1H3;6-7H,2-5H2,1H3;6-8H,2-4H2,1H3/t5-,6+,7+,8+;;/m0../s1. The molecule has 0 aliphatic rings. The lowest BCUT2D eigenvalue weighted by atomic mass is 9.95. The maximum Gasteiger partial charge on any atom is 0.110 e. The zero-order chi connectivity index (χ0) is 22.6. The minimum atomic E-state index is -1.51. The quantitative estimate of drug-likeness (QED) is 0.140. The van der Waals surface area contributed by atoms with E-state index >= 15 is 0 Å². The summed E-state index contributed by atoms with van der Waals surface area (Å²) in [6.45, 7) is 6.34. The van der Waals surface area contributed by atoms with Gasteiger partial charge >= 0.3 is 0 Å². The molecule has 0 saturated heterocycles. The minimum absolute atomic E-state index is 0.181. The molecule has 0 unspecified atom stereocenters. The Bertz CT molecular complexity index is 295. The number of aliphatic hydroxyl groups is 9.